The van der Waals surface area contributed by atoms with Crippen LogP contribution >= 0.6 is 0 Å². The molecule has 0 unspecified atom stereocenters. The zero-order valence-corrected chi connectivity index (χ0v) is 13.1. The Bertz CT molecular complexity index is 725. The predicted molar refractivity (Wildman–Crippen MR) is 88.1 cm³/mol. The highest BCUT2D eigenvalue weighted by molar-refractivity contribution is 6.04. The number of aryl methyl sites for hydroxylation is 1. The third-order valence-electron chi connectivity index (χ3n) is 4.10. The number of amides is 1. The van der Waals surface area contributed by atoms with Crippen LogP contribution in [0.1, 0.15) is 21.7 Å². The first-order valence-corrected chi connectivity index (χ1v) is 7.63. The Morgan fingerprint density at radius 1 is 1.48 bits per heavy atom. The number of carbonyl (C=O) groups is 1. The molecule has 4 N–H and O–H groups in total. The predicted octanol–water partition coefficient (Wildman–Crippen LogP) is 0.605. The molecule has 0 saturated heterocycles. The maximum Gasteiger partial charge on any atom is 0.276 e. The number of hydrogen-bond donors (Lipinski definition) is 3. The third-order valence-corrected chi connectivity index (χ3v) is 4.10. The zero-order chi connectivity index (χ0) is 16.4. The van der Waals surface area contributed by atoms with Crippen molar-refractivity contribution in [3.8, 4) is 0 Å². The summed E-state index contributed by atoms with van der Waals surface area (Å²) in [6, 6.07) is 7.07. The molecule has 0 fully saturated rings. The number of hydrogen-bond acceptors (Lipinski definition) is 5. The molecule has 0 aliphatic carbocycles. The van der Waals surface area contributed by atoms with Crippen LogP contribution in [0.3, 0.4) is 0 Å². The van der Waals surface area contributed by atoms with E-state index in [0.29, 0.717) is 30.2 Å². The van der Waals surface area contributed by atoms with E-state index < -0.39 is 0 Å². The normalized spacial score (nSPS) is 14.5. The van der Waals surface area contributed by atoms with Crippen molar-refractivity contribution in [1.82, 2.24) is 14.7 Å². The van der Waals surface area contributed by atoms with Gasteiger partial charge in [0.05, 0.1) is 6.61 Å². The number of aliphatic hydroxyl groups is 1. The van der Waals surface area contributed by atoms with Crippen LogP contribution in [0.15, 0.2) is 24.3 Å². The number of benzene rings is 1. The molecule has 1 aliphatic rings. The first-order chi connectivity index (χ1) is 11.1. The standard InChI is InChI=1S/C16H21N5O2/c1-20-14-5-6-21(7-8-22)10-13(14)15(19-20)16(23)18-12-4-2-3-11(17)9-12/h2-4,9,22H,5-8,10,17H2,1H3,(H,18,23). The molecule has 2 aromatic rings. The van der Waals surface area contributed by atoms with Gasteiger partial charge in [-0.15, -0.1) is 0 Å². The van der Waals surface area contributed by atoms with E-state index in [1.165, 1.54) is 0 Å². The van der Waals surface area contributed by atoms with Crippen LogP contribution in [0, 0.1) is 0 Å². The van der Waals surface area contributed by atoms with E-state index in [4.69, 9.17) is 10.8 Å². The van der Waals surface area contributed by atoms with Gasteiger partial charge in [0, 0.05) is 55.7 Å². The molecular formula is C16H21N5O2. The summed E-state index contributed by atoms with van der Waals surface area (Å²) in [5.41, 5.74) is 9.44. The van der Waals surface area contributed by atoms with E-state index in [0.717, 1.165) is 24.2 Å². The van der Waals surface area contributed by atoms with Gasteiger partial charge in [0.25, 0.3) is 5.91 Å². The lowest BCUT2D eigenvalue weighted by Crippen LogP contribution is -2.33. The number of anilines is 2. The van der Waals surface area contributed by atoms with Crippen molar-refractivity contribution in [1.29, 1.82) is 0 Å². The van der Waals surface area contributed by atoms with Gasteiger partial charge in [-0.05, 0) is 18.2 Å². The molecule has 0 saturated carbocycles. The van der Waals surface area contributed by atoms with Crippen LogP contribution in [-0.4, -0.2) is 45.4 Å². The highest BCUT2D eigenvalue weighted by atomic mass is 16.3. The summed E-state index contributed by atoms with van der Waals surface area (Å²) in [5.74, 6) is -0.238. The van der Waals surface area contributed by atoms with Crippen molar-refractivity contribution in [2.24, 2.45) is 7.05 Å². The Labute approximate surface area is 134 Å². The Balaban J connectivity index is 1.84. The molecule has 122 valence electrons. The van der Waals surface area contributed by atoms with Crippen molar-refractivity contribution in [2.45, 2.75) is 13.0 Å². The second-order valence-electron chi connectivity index (χ2n) is 5.73. The number of aliphatic hydroxyl groups excluding tert-OH is 1. The Hall–Kier alpha value is -2.38. The fourth-order valence-corrected chi connectivity index (χ4v) is 2.97. The van der Waals surface area contributed by atoms with Gasteiger partial charge < -0.3 is 16.2 Å². The van der Waals surface area contributed by atoms with E-state index in [-0.39, 0.29) is 12.5 Å². The third kappa shape index (κ3) is 3.20. The second kappa shape index (κ2) is 6.39. The van der Waals surface area contributed by atoms with Crippen LogP contribution in [0.5, 0.6) is 0 Å². The smallest absolute Gasteiger partial charge is 0.276 e. The summed E-state index contributed by atoms with van der Waals surface area (Å²) in [5, 5.41) is 16.4. The van der Waals surface area contributed by atoms with Gasteiger partial charge in [-0.3, -0.25) is 14.4 Å². The maximum absolute atomic E-state index is 12.6. The monoisotopic (exact) mass is 315 g/mol. The zero-order valence-electron chi connectivity index (χ0n) is 13.1. The summed E-state index contributed by atoms with van der Waals surface area (Å²) in [4.78, 5) is 14.7. The summed E-state index contributed by atoms with van der Waals surface area (Å²) in [7, 11) is 1.86. The Morgan fingerprint density at radius 2 is 2.30 bits per heavy atom. The van der Waals surface area contributed by atoms with Crippen LogP contribution < -0.4 is 11.1 Å². The number of fused-ring (bicyclic) bond motifs is 1. The molecule has 7 nitrogen and oxygen atoms in total. The van der Waals surface area contributed by atoms with Crippen LogP contribution in [0.4, 0.5) is 11.4 Å². The van der Waals surface area contributed by atoms with Crippen LogP contribution in [0.25, 0.3) is 0 Å². The summed E-state index contributed by atoms with van der Waals surface area (Å²) in [6.45, 7) is 2.21. The second-order valence-corrected chi connectivity index (χ2v) is 5.73. The minimum Gasteiger partial charge on any atom is -0.399 e. The average Bonchev–Trinajstić information content (AvgIpc) is 2.84. The first-order valence-electron chi connectivity index (χ1n) is 7.63. The lowest BCUT2D eigenvalue weighted by atomic mass is 10.0. The summed E-state index contributed by atoms with van der Waals surface area (Å²) < 4.78 is 1.78. The first kappa shape index (κ1) is 15.5. The number of nitrogens with two attached hydrogens (primary N) is 1. The van der Waals surface area contributed by atoms with Gasteiger partial charge in [-0.1, -0.05) is 6.07 Å². The Kier molecular flexibility index (Phi) is 4.31. The fraction of sp³-hybridized carbons (Fsp3) is 0.375. The molecule has 0 atom stereocenters. The van der Waals surface area contributed by atoms with Crippen molar-refractivity contribution < 1.29 is 9.90 Å². The largest absolute Gasteiger partial charge is 0.399 e. The molecule has 1 aliphatic heterocycles. The summed E-state index contributed by atoms with van der Waals surface area (Å²) >= 11 is 0. The van der Waals surface area contributed by atoms with Crippen molar-refractivity contribution >= 4 is 17.3 Å². The number of nitrogens with one attached hydrogen (secondary N) is 1. The fourth-order valence-electron chi connectivity index (χ4n) is 2.97. The molecule has 0 radical (unpaired) electrons. The number of carbonyl (C=O) groups excluding carboxylic acids is 1. The molecule has 1 aromatic heterocycles. The summed E-state index contributed by atoms with van der Waals surface area (Å²) in [6.07, 6.45) is 0.824. The van der Waals surface area contributed by atoms with Gasteiger partial charge in [0.2, 0.25) is 0 Å². The van der Waals surface area contributed by atoms with Crippen molar-refractivity contribution in [3.63, 3.8) is 0 Å². The van der Waals surface area contributed by atoms with Gasteiger partial charge in [0.15, 0.2) is 5.69 Å². The van der Waals surface area contributed by atoms with E-state index in [1.807, 2.05) is 7.05 Å². The lowest BCUT2D eigenvalue weighted by molar-refractivity contribution is 0.101. The van der Waals surface area contributed by atoms with E-state index in [1.54, 1.807) is 28.9 Å². The molecule has 1 aromatic carbocycles. The number of nitrogens with zero attached hydrogens (tertiary/aromatic N) is 3. The molecule has 2 heterocycles. The number of rotatable bonds is 4. The maximum atomic E-state index is 12.6. The van der Waals surface area contributed by atoms with Gasteiger partial charge >= 0.3 is 0 Å². The molecule has 7 heteroatoms. The number of aromatic nitrogens is 2. The molecule has 23 heavy (non-hydrogen) atoms. The van der Waals surface area contributed by atoms with E-state index in [9.17, 15) is 4.79 Å². The van der Waals surface area contributed by atoms with E-state index in [2.05, 4.69) is 15.3 Å². The van der Waals surface area contributed by atoms with Crippen LogP contribution in [-0.2, 0) is 20.0 Å². The van der Waals surface area contributed by atoms with Crippen LogP contribution in [0.2, 0.25) is 0 Å². The highest BCUT2D eigenvalue weighted by Crippen LogP contribution is 2.23. The molecular weight excluding hydrogens is 294 g/mol. The molecule has 0 bridgehead atoms. The van der Waals surface area contributed by atoms with Gasteiger partial charge in [-0.2, -0.15) is 5.10 Å². The number of β-amino-alcohol motifs (C(OH)–C–C–N with tert-alkyl or cyclic N) is 1. The lowest BCUT2D eigenvalue weighted by Gasteiger charge is -2.26. The molecule has 1 amide bonds. The highest BCUT2D eigenvalue weighted by Gasteiger charge is 2.26. The van der Waals surface area contributed by atoms with Crippen molar-refractivity contribution in [2.75, 3.05) is 30.7 Å². The quantitative estimate of drug-likeness (QED) is 0.718. The minimum absolute atomic E-state index is 0.112. The minimum atomic E-state index is -0.238. The SMILES string of the molecule is Cn1nc(C(=O)Nc2cccc(N)c2)c2c1CCN(CCO)C2. The average molecular weight is 315 g/mol. The van der Waals surface area contributed by atoms with Crippen molar-refractivity contribution in [3.05, 3.63) is 41.2 Å². The van der Waals surface area contributed by atoms with Gasteiger partial charge in [0.1, 0.15) is 0 Å². The topological polar surface area (TPSA) is 96.4 Å². The molecule has 0 spiro atoms. The van der Waals surface area contributed by atoms with E-state index >= 15 is 0 Å². The molecule has 3 rings (SSSR count). The van der Waals surface area contributed by atoms with Gasteiger partial charge in [-0.25, -0.2) is 0 Å². The number of nitrogen functional groups attached to an aromatic ring is 1. The Morgan fingerprint density at radius 3 is 3.04 bits per heavy atom.